The zero-order chi connectivity index (χ0) is 24.0. The summed E-state index contributed by atoms with van der Waals surface area (Å²) in [5, 5.41) is 8.93. The Labute approximate surface area is 189 Å². The summed E-state index contributed by atoms with van der Waals surface area (Å²) in [5.41, 5.74) is -0.186. The van der Waals surface area contributed by atoms with Crippen molar-refractivity contribution in [1.82, 2.24) is 4.90 Å². The molecule has 1 N–H and O–H groups in total. The van der Waals surface area contributed by atoms with Gasteiger partial charge in [0.25, 0.3) is 5.92 Å². The number of halogens is 4. The van der Waals surface area contributed by atoms with Crippen molar-refractivity contribution in [3.8, 4) is 5.75 Å². The van der Waals surface area contributed by atoms with Crippen molar-refractivity contribution in [3.05, 3.63) is 101 Å². The van der Waals surface area contributed by atoms with Gasteiger partial charge in [0.2, 0.25) is 0 Å². The fraction of sp³-hybridized carbons (Fsp3) is 0.240. The van der Waals surface area contributed by atoms with Crippen molar-refractivity contribution < 1.29 is 32.2 Å². The molecular weight excluding hydrogens is 438 g/mol. The van der Waals surface area contributed by atoms with Crippen molar-refractivity contribution in [2.45, 2.75) is 18.4 Å². The zero-order valence-electron chi connectivity index (χ0n) is 17.8. The van der Waals surface area contributed by atoms with Gasteiger partial charge in [-0.25, -0.2) is 8.78 Å². The fourth-order valence-corrected chi connectivity index (χ4v) is 3.37. The number of alkyl halides is 2. The first-order chi connectivity index (χ1) is 15.7. The molecule has 0 heterocycles. The van der Waals surface area contributed by atoms with Crippen LogP contribution in [0.5, 0.6) is 5.75 Å². The molecule has 0 amide bonds. The first kappa shape index (κ1) is 24.3. The van der Waals surface area contributed by atoms with E-state index in [1.165, 1.54) is 24.3 Å². The largest absolute Gasteiger partial charge is 0.486 e. The summed E-state index contributed by atoms with van der Waals surface area (Å²) in [5.74, 6) is -6.66. The number of nitrogens with zero attached hydrogens (tertiary/aromatic N) is 1. The van der Waals surface area contributed by atoms with Gasteiger partial charge >= 0.3 is 5.97 Å². The third-order valence-corrected chi connectivity index (χ3v) is 5.13. The quantitative estimate of drug-likeness (QED) is 0.398. The number of carboxylic acid groups (broad SMARTS) is 1. The third kappa shape index (κ3) is 6.32. The molecule has 174 valence electrons. The van der Waals surface area contributed by atoms with E-state index in [1.807, 2.05) is 30.3 Å². The molecule has 0 radical (unpaired) electrons. The van der Waals surface area contributed by atoms with Crippen LogP contribution in [-0.2, 0) is 10.7 Å². The van der Waals surface area contributed by atoms with Crippen LogP contribution in [0.1, 0.15) is 29.2 Å². The van der Waals surface area contributed by atoms with Crippen LogP contribution in [0, 0.1) is 11.6 Å². The van der Waals surface area contributed by atoms with E-state index in [2.05, 4.69) is 0 Å². The normalized spacial score (nSPS) is 12.5. The molecule has 8 heteroatoms. The molecule has 0 aromatic heterocycles. The number of rotatable bonds is 10. The predicted octanol–water partition coefficient (Wildman–Crippen LogP) is 5.63. The van der Waals surface area contributed by atoms with Gasteiger partial charge in [0.1, 0.15) is 11.9 Å². The maximum Gasteiger partial charge on any atom is 0.317 e. The Hall–Kier alpha value is -3.39. The summed E-state index contributed by atoms with van der Waals surface area (Å²) in [6.45, 7) is 0.327. The highest BCUT2D eigenvalue weighted by atomic mass is 19.3. The van der Waals surface area contributed by atoms with Crippen LogP contribution >= 0.6 is 0 Å². The number of carbonyl (C=O) groups is 1. The van der Waals surface area contributed by atoms with Crippen LogP contribution in [0.2, 0.25) is 0 Å². The molecule has 0 spiro atoms. The molecule has 3 aromatic rings. The first-order valence-electron chi connectivity index (χ1n) is 10.2. The molecule has 3 aromatic carbocycles. The Morgan fingerprint density at radius 2 is 1.61 bits per heavy atom. The van der Waals surface area contributed by atoms with Crippen LogP contribution in [0.25, 0.3) is 0 Å². The number of carboxylic acids is 1. The summed E-state index contributed by atoms with van der Waals surface area (Å²) in [6, 6.07) is 16.4. The zero-order valence-corrected chi connectivity index (χ0v) is 17.8. The lowest BCUT2D eigenvalue weighted by atomic mass is 10.00. The minimum Gasteiger partial charge on any atom is -0.486 e. The second-order valence-corrected chi connectivity index (χ2v) is 7.67. The number of aliphatic carboxylic acids is 1. The minimum absolute atomic E-state index is 0.116. The molecule has 0 bridgehead atoms. The number of hydrogen-bond acceptors (Lipinski definition) is 3. The Morgan fingerprint density at radius 1 is 0.970 bits per heavy atom. The van der Waals surface area contributed by atoms with Crippen LogP contribution < -0.4 is 4.74 Å². The van der Waals surface area contributed by atoms with Crippen LogP contribution in [0.3, 0.4) is 0 Å². The van der Waals surface area contributed by atoms with Gasteiger partial charge in [-0.3, -0.25) is 9.69 Å². The van der Waals surface area contributed by atoms with Crippen molar-refractivity contribution in [3.63, 3.8) is 0 Å². The smallest absolute Gasteiger partial charge is 0.317 e. The minimum atomic E-state index is -3.52. The lowest BCUT2D eigenvalue weighted by molar-refractivity contribution is -0.138. The average molecular weight is 461 g/mol. The maximum atomic E-state index is 14.8. The lowest BCUT2D eigenvalue weighted by Crippen LogP contribution is -2.28. The van der Waals surface area contributed by atoms with Crippen LogP contribution in [0.4, 0.5) is 17.6 Å². The van der Waals surface area contributed by atoms with Gasteiger partial charge in [-0.05, 0) is 55.1 Å². The summed E-state index contributed by atoms with van der Waals surface area (Å²) in [6.07, 6.45) is 0.0422. The molecule has 3 rings (SSSR count). The van der Waals surface area contributed by atoms with Gasteiger partial charge < -0.3 is 9.84 Å². The molecule has 0 saturated heterocycles. The number of benzene rings is 3. The van der Waals surface area contributed by atoms with E-state index >= 15 is 0 Å². The van der Waals surface area contributed by atoms with Crippen LogP contribution in [-0.4, -0.2) is 36.1 Å². The topological polar surface area (TPSA) is 49.8 Å². The summed E-state index contributed by atoms with van der Waals surface area (Å²) in [7, 11) is 1.69. The fourth-order valence-electron chi connectivity index (χ4n) is 3.37. The summed E-state index contributed by atoms with van der Waals surface area (Å²) >= 11 is 0. The number of ether oxygens (including phenoxy) is 1. The number of hydrogen-bond donors (Lipinski definition) is 1. The molecule has 0 aliphatic heterocycles. The van der Waals surface area contributed by atoms with E-state index in [1.54, 1.807) is 11.9 Å². The van der Waals surface area contributed by atoms with E-state index in [0.717, 1.165) is 11.6 Å². The average Bonchev–Trinajstić information content (AvgIpc) is 2.79. The predicted molar refractivity (Wildman–Crippen MR) is 115 cm³/mol. The summed E-state index contributed by atoms with van der Waals surface area (Å²) in [4.78, 5) is 12.5. The Bertz CT molecular complexity index is 1070. The second kappa shape index (κ2) is 10.5. The van der Waals surface area contributed by atoms with Crippen molar-refractivity contribution in [2.24, 2.45) is 0 Å². The molecule has 0 fully saturated rings. The highest BCUT2D eigenvalue weighted by Gasteiger charge is 2.34. The van der Waals surface area contributed by atoms with Gasteiger partial charge in [-0.15, -0.1) is 0 Å². The first-order valence-corrected chi connectivity index (χ1v) is 10.2. The second-order valence-electron chi connectivity index (χ2n) is 7.67. The van der Waals surface area contributed by atoms with Crippen molar-refractivity contribution in [2.75, 3.05) is 20.1 Å². The lowest BCUT2D eigenvalue weighted by Gasteiger charge is -2.23. The SMILES string of the molecule is CN(CCC(Oc1ccc(C(F)(F)c2ccc(F)c(F)c2)cc1)c1ccccc1)CC(=O)O. The maximum absolute atomic E-state index is 14.8. The van der Waals surface area contributed by atoms with Gasteiger partial charge in [-0.2, -0.15) is 8.78 Å². The Balaban J connectivity index is 1.76. The van der Waals surface area contributed by atoms with E-state index in [0.29, 0.717) is 30.8 Å². The van der Waals surface area contributed by atoms with Gasteiger partial charge in [0.15, 0.2) is 11.6 Å². The van der Waals surface area contributed by atoms with Gasteiger partial charge in [-0.1, -0.05) is 30.3 Å². The van der Waals surface area contributed by atoms with Gasteiger partial charge in [0.05, 0.1) is 6.54 Å². The molecule has 4 nitrogen and oxygen atoms in total. The van der Waals surface area contributed by atoms with Crippen molar-refractivity contribution >= 4 is 5.97 Å². The molecule has 1 unspecified atom stereocenters. The van der Waals surface area contributed by atoms with Crippen LogP contribution in [0.15, 0.2) is 72.8 Å². The summed E-state index contributed by atoms with van der Waals surface area (Å²) < 4.78 is 62.2. The molecule has 1 atom stereocenters. The monoisotopic (exact) mass is 461 g/mol. The standard InChI is InChI=1S/C25H23F4NO3/c1-30(16-24(31)32)14-13-23(17-5-3-2-4-6-17)33-20-10-7-18(8-11-20)25(28,29)19-9-12-21(26)22(27)15-19/h2-12,15,23H,13-14,16H2,1H3,(H,31,32). The van der Waals surface area contributed by atoms with E-state index in [4.69, 9.17) is 9.84 Å². The molecule has 0 aliphatic rings. The van der Waals surface area contributed by atoms with Crippen molar-refractivity contribution in [1.29, 1.82) is 0 Å². The number of likely N-dealkylation sites (N-methyl/N-ethyl adjacent to an activating group) is 1. The molecule has 0 saturated carbocycles. The Morgan fingerprint density at radius 3 is 2.21 bits per heavy atom. The van der Waals surface area contributed by atoms with Gasteiger partial charge in [0, 0.05) is 24.1 Å². The van der Waals surface area contributed by atoms with E-state index < -0.39 is 40.8 Å². The highest BCUT2D eigenvalue weighted by molar-refractivity contribution is 5.69. The Kier molecular flexibility index (Phi) is 7.71. The van der Waals surface area contributed by atoms with E-state index in [-0.39, 0.29) is 6.54 Å². The molecule has 33 heavy (non-hydrogen) atoms. The molecule has 0 aliphatic carbocycles. The van der Waals surface area contributed by atoms with E-state index in [9.17, 15) is 22.4 Å². The molecular formula is C25H23F4NO3. The third-order valence-electron chi connectivity index (χ3n) is 5.13. The highest BCUT2D eigenvalue weighted by Crippen LogP contribution is 2.37.